The Kier molecular flexibility index (Phi) is 8.09. The lowest BCUT2D eigenvalue weighted by molar-refractivity contribution is -0.134. The van der Waals surface area contributed by atoms with Crippen molar-refractivity contribution in [3.05, 3.63) is 101 Å². The molecule has 1 fully saturated rings. The van der Waals surface area contributed by atoms with Crippen molar-refractivity contribution >= 4 is 23.4 Å². The van der Waals surface area contributed by atoms with Crippen molar-refractivity contribution < 1.29 is 14.3 Å². The Labute approximate surface area is 212 Å². The maximum absolute atomic E-state index is 13.3. The van der Waals surface area contributed by atoms with Gasteiger partial charge in [0.05, 0.1) is 6.61 Å². The highest BCUT2D eigenvalue weighted by Crippen LogP contribution is 2.37. The minimum Gasteiger partial charge on any atom is -0.493 e. The molecular weight excluding hydrogens is 460 g/mol. The Morgan fingerprint density at radius 1 is 0.914 bits per heavy atom. The van der Waals surface area contributed by atoms with Crippen LogP contribution in [-0.2, 0) is 11.3 Å². The van der Waals surface area contributed by atoms with Gasteiger partial charge in [0.25, 0.3) is 5.91 Å². The molecular formula is C29H31ClN2O3. The molecule has 4 rings (SSSR count). The number of rotatable bonds is 8. The van der Waals surface area contributed by atoms with Gasteiger partial charge in [-0.05, 0) is 54.8 Å². The second-order valence-corrected chi connectivity index (χ2v) is 9.75. The van der Waals surface area contributed by atoms with E-state index in [1.54, 1.807) is 17.0 Å². The third kappa shape index (κ3) is 6.64. The van der Waals surface area contributed by atoms with Gasteiger partial charge >= 0.3 is 0 Å². The summed E-state index contributed by atoms with van der Waals surface area (Å²) in [5.74, 6) is 0.836. The topological polar surface area (TPSA) is 49.9 Å². The quantitative estimate of drug-likeness (QED) is 0.407. The van der Waals surface area contributed by atoms with E-state index < -0.39 is 0 Å². The van der Waals surface area contributed by atoms with Crippen LogP contribution in [0.5, 0.6) is 5.75 Å². The SMILES string of the molecule is CN(Cc1ccccc1)C(=O)CC1(COc2ccc(Cl)cc2)CCN(C(=O)c2ccccc2)CC1. The highest BCUT2D eigenvalue weighted by Gasteiger charge is 2.39. The third-order valence-corrected chi connectivity index (χ3v) is 6.96. The highest BCUT2D eigenvalue weighted by molar-refractivity contribution is 6.30. The number of ether oxygens (including phenoxy) is 1. The lowest BCUT2D eigenvalue weighted by Crippen LogP contribution is -2.47. The van der Waals surface area contributed by atoms with Crippen LogP contribution in [0, 0.1) is 5.41 Å². The van der Waals surface area contributed by atoms with Crippen LogP contribution >= 0.6 is 11.6 Å². The number of amides is 2. The predicted octanol–water partition coefficient (Wildman–Crippen LogP) is 5.69. The van der Waals surface area contributed by atoms with Crippen LogP contribution in [0.15, 0.2) is 84.9 Å². The van der Waals surface area contributed by atoms with Crippen molar-refractivity contribution in [1.82, 2.24) is 9.80 Å². The second-order valence-electron chi connectivity index (χ2n) is 9.31. The standard InChI is InChI=1S/C29H31ClN2O3/c1-31(21-23-8-4-2-5-9-23)27(33)20-29(22-35-26-14-12-25(30)13-15-26)16-18-32(19-17-29)28(34)24-10-6-3-7-11-24/h2-15H,16-22H2,1H3. The van der Waals surface area contributed by atoms with Crippen molar-refractivity contribution in [3.63, 3.8) is 0 Å². The maximum Gasteiger partial charge on any atom is 0.253 e. The van der Waals surface area contributed by atoms with Gasteiger partial charge < -0.3 is 14.5 Å². The molecule has 1 saturated heterocycles. The second kappa shape index (κ2) is 11.4. The number of hydrogen-bond acceptors (Lipinski definition) is 3. The number of halogens is 1. The van der Waals surface area contributed by atoms with Gasteiger partial charge in [-0.3, -0.25) is 9.59 Å². The van der Waals surface area contributed by atoms with E-state index in [-0.39, 0.29) is 17.2 Å². The first-order valence-corrected chi connectivity index (χ1v) is 12.3. The van der Waals surface area contributed by atoms with E-state index in [0.717, 1.165) is 11.3 Å². The third-order valence-electron chi connectivity index (χ3n) is 6.71. The van der Waals surface area contributed by atoms with E-state index in [1.165, 1.54) is 0 Å². The summed E-state index contributed by atoms with van der Waals surface area (Å²) in [5.41, 5.74) is 1.43. The van der Waals surface area contributed by atoms with Crippen LogP contribution in [-0.4, -0.2) is 48.4 Å². The first kappa shape index (κ1) is 24.8. The minimum atomic E-state index is -0.352. The monoisotopic (exact) mass is 490 g/mol. The molecule has 1 aliphatic rings. The lowest BCUT2D eigenvalue weighted by Gasteiger charge is -2.42. The summed E-state index contributed by atoms with van der Waals surface area (Å²) in [6.07, 6.45) is 1.77. The minimum absolute atomic E-state index is 0.0327. The van der Waals surface area contributed by atoms with Gasteiger partial charge in [-0.15, -0.1) is 0 Å². The highest BCUT2D eigenvalue weighted by atomic mass is 35.5. The Morgan fingerprint density at radius 2 is 1.51 bits per heavy atom. The van der Waals surface area contributed by atoms with Crippen molar-refractivity contribution in [2.75, 3.05) is 26.7 Å². The molecule has 1 aliphatic heterocycles. The smallest absolute Gasteiger partial charge is 0.253 e. The van der Waals surface area contributed by atoms with E-state index >= 15 is 0 Å². The van der Waals surface area contributed by atoms with Crippen molar-refractivity contribution in [1.29, 1.82) is 0 Å². The fourth-order valence-electron chi connectivity index (χ4n) is 4.49. The van der Waals surface area contributed by atoms with Crippen LogP contribution in [0.25, 0.3) is 0 Å². The van der Waals surface area contributed by atoms with Crippen molar-refractivity contribution in [3.8, 4) is 5.75 Å². The number of piperidine rings is 1. The lowest BCUT2D eigenvalue weighted by atomic mass is 9.75. The molecule has 0 N–H and O–H groups in total. The average Bonchev–Trinajstić information content (AvgIpc) is 2.89. The molecule has 3 aromatic rings. The summed E-state index contributed by atoms with van der Waals surface area (Å²) in [6, 6.07) is 26.6. The molecule has 0 unspecified atom stereocenters. The molecule has 2 amide bonds. The van der Waals surface area contributed by atoms with Crippen molar-refractivity contribution in [2.45, 2.75) is 25.8 Å². The maximum atomic E-state index is 13.3. The zero-order valence-electron chi connectivity index (χ0n) is 20.0. The van der Waals surface area contributed by atoms with Gasteiger partial charge in [0.1, 0.15) is 5.75 Å². The molecule has 0 aromatic heterocycles. The van der Waals surface area contributed by atoms with Gasteiger partial charge in [0, 0.05) is 49.1 Å². The summed E-state index contributed by atoms with van der Waals surface area (Å²) < 4.78 is 6.15. The molecule has 0 radical (unpaired) electrons. The summed E-state index contributed by atoms with van der Waals surface area (Å²) in [7, 11) is 1.84. The average molecular weight is 491 g/mol. The Hall–Kier alpha value is -3.31. The van der Waals surface area contributed by atoms with Crippen LogP contribution in [0.1, 0.15) is 35.2 Å². The molecule has 6 heteroatoms. The summed E-state index contributed by atoms with van der Waals surface area (Å²) >= 11 is 6.01. The normalized spacial score (nSPS) is 14.9. The van der Waals surface area contributed by atoms with Crippen LogP contribution in [0.2, 0.25) is 5.02 Å². The molecule has 0 bridgehead atoms. The number of hydrogen-bond donors (Lipinski definition) is 0. The number of nitrogens with zero attached hydrogens (tertiary/aromatic N) is 2. The number of benzene rings is 3. The largest absolute Gasteiger partial charge is 0.493 e. The molecule has 0 saturated carbocycles. The van der Waals surface area contributed by atoms with E-state index in [9.17, 15) is 9.59 Å². The molecule has 5 nitrogen and oxygen atoms in total. The number of likely N-dealkylation sites (tertiary alicyclic amines) is 1. The number of carbonyl (C=O) groups excluding carboxylic acids is 2. The summed E-state index contributed by atoms with van der Waals surface area (Å²) in [5, 5.41) is 0.650. The molecule has 35 heavy (non-hydrogen) atoms. The summed E-state index contributed by atoms with van der Waals surface area (Å²) in [6.45, 7) is 2.15. The fraction of sp³-hybridized carbons (Fsp3) is 0.310. The van der Waals surface area contributed by atoms with Crippen molar-refractivity contribution in [2.24, 2.45) is 5.41 Å². The van der Waals surface area contributed by atoms with Gasteiger partial charge in [-0.2, -0.15) is 0 Å². The van der Waals surface area contributed by atoms with E-state index in [4.69, 9.17) is 16.3 Å². The summed E-state index contributed by atoms with van der Waals surface area (Å²) in [4.78, 5) is 29.9. The van der Waals surface area contributed by atoms with Gasteiger partial charge in [0.15, 0.2) is 0 Å². The van der Waals surface area contributed by atoms with E-state index in [0.29, 0.717) is 56.1 Å². The van der Waals surface area contributed by atoms with Crippen LogP contribution < -0.4 is 4.74 Å². The van der Waals surface area contributed by atoms with Crippen LogP contribution in [0.4, 0.5) is 0 Å². The van der Waals surface area contributed by atoms with E-state index in [2.05, 4.69) is 0 Å². The van der Waals surface area contributed by atoms with Gasteiger partial charge in [-0.1, -0.05) is 60.1 Å². The van der Waals surface area contributed by atoms with E-state index in [1.807, 2.05) is 84.7 Å². The molecule has 3 aromatic carbocycles. The first-order valence-electron chi connectivity index (χ1n) is 11.9. The molecule has 1 heterocycles. The molecule has 182 valence electrons. The molecule has 0 aliphatic carbocycles. The van der Waals surface area contributed by atoms with Crippen LogP contribution in [0.3, 0.4) is 0 Å². The Bertz CT molecular complexity index is 1110. The fourth-order valence-corrected chi connectivity index (χ4v) is 4.61. The Balaban J connectivity index is 1.45. The number of carbonyl (C=O) groups is 2. The molecule has 0 spiro atoms. The first-order chi connectivity index (χ1) is 16.9. The van der Waals surface area contributed by atoms with Gasteiger partial charge in [-0.25, -0.2) is 0 Å². The zero-order chi connectivity index (χ0) is 24.7. The Morgan fingerprint density at radius 3 is 2.14 bits per heavy atom. The van der Waals surface area contributed by atoms with Gasteiger partial charge in [0.2, 0.25) is 5.91 Å². The molecule has 0 atom stereocenters. The predicted molar refractivity (Wildman–Crippen MR) is 138 cm³/mol. The zero-order valence-corrected chi connectivity index (χ0v) is 20.8.